The summed E-state index contributed by atoms with van der Waals surface area (Å²) in [6.07, 6.45) is 0. The quantitative estimate of drug-likeness (QED) is 0.426. The zero-order valence-corrected chi connectivity index (χ0v) is 17.8. The molecular formula is C22H20Cl3NO2. The molecule has 3 aromatic carbocycles. The number of ether oxygens (including phenoxy) is 2. The predicted octanol–water partition coefficient (Wildman–Crippen LogP) is 7.15. The summed E-state index contributed by atoms with van der Waals surface area (Å²) in [5, 5.41) is 4.98. The fourth-order valence-electron chi connectivity index (χ4n) is 2.74. The van der Waals surface area contributed by atoms with E-state index in [-0.39, 0.29) is 0 Å². The van der Waals surface area contributed by atoms with Crippen LogP contribution in [0, 0.1) is 6.92 Å². The minimum atomic E-state index is 0.442. The maximum atomic E-state index is 6.47. The highest BCUT2D eigenvalue weighted by Crippen LogP contribution is 2.35. The first-order valence-corrected chi connectivity index (χ1v) is 9.84. The van der Waals surface area contributed by atoms with Crippen molar-refractivity contribution in [1.29, 1.82) is 0 Å². The summed E-state index contributed by atoms with van der Waals surface area (Å²) in [5.74, 6) is 1.22. The molecule has 3 rings (SSSR count). The molecule has 0 atom stereocenters. The molecule has 0 saturated heterocycles. The molecule has 0 spiro atoms. The molecule has 0 aliphatic carbocycles. The van der Waals surface area contributed by atoms with Crippen LogP contribution in [0.1, 0.15) is 16.7 Å². The molecule has 3 aromatic rings. The molecule has 146 valence electrons. The highest BCUT2D eigenvalue weighted by molar-refractivity contribution is 6.36. The molecule has 0 heterocycles. The van der Waals surface area contributed by atoms with E-state index >= 15 is 0 Å². The molecule has 0 amide bonds. The van der Waals surface area contributed by atoms with Gasteiger partial charge in [-0.3, -0.25) is 0 Å². The summed E-state index contributed by atoms with van der Waals surface area (Å²) in [6.45, 7) is 2.98. The number of nitrogens with one attached hydrogen (secondary N) is 1. The summed E-state index contributed by atoms with van der Waals surface area (Å²) in [4.78, 5) is 0. The second-order valence-corrected chi connectivity index (χ2v) is 7.54. The number of hydrogen-bond acceptors (Lipinski definition) is 3. The van der Waals surface area contributed by atoms with Crippen molar-refractivity contribution in [3.05, 3.63) is 86.4 Å². The topological polar surface area (TPSA) is 30.5 Å². The molecule has 0 saturated carbocycles. The molecule has 0 aliphatic rings. The lowest BCUT2D eigenvalue weighted by molar-refractivity contribution is 0.284. The van der Waals surface area contributed by atoms with Gasteiger partial charge in [-0.15, -0.1) is 0 Å². The van der Waals surface area contributed by atoms with E-state index in [4.69, 9.17) is 44.3 Å². The van der Waals surface area contributed by atoms with E-state index in [0.717, 1.165) is 16.8 Å². The largest absolute Gasteiger partial charge is 0.493 e. The third kappa shape index (κ3) is 5.05. The van der Waals surface area contributed by atoms with Crippen LogP contribution in [-0.4, -0.2) is 7.11 Å². The van der Waals surface area contributed by atoms with Crippen molar-refractivity contribution in [2.45, 2.75) is 20.1 Å². The average molecular weight is 437 g/mol. The highest BCUT2D eigenvalue weighted by Gasteiger charge is 2.12. The molecular weight excluding hydrogens is 417 g/mol. The summed E-state index contributed by atoms with van der Waals surface area (Å²) >= 11 is 18.6. The van der Waals surface area contributed by atoms with Gasteiger partial charge >= 0.3 is 0 Å². The molecule has 28 heavy (non-hydrogen) atoms. The number of methoxy groups -OCH3 is 1. The first-order valence-electron chi connectivity index (χ1n) is 8.70. The molecule has 0 fully saturated rings. The van der Waals surface area contributed by atoms with Crippen molar-refractivity contribution in [3.63, 3.8) is 0 Å². The van der Waals surface area contributed by atoms with Crippen molar-refractivity contribution >= 4 is 40.5 Å². The zero-order valence-electron chi connectivity index (χ0n) is 15.6. The Hall–Kier alpha value is -2.07. The van der Waals surface area contributed by atoms with Gasteiger partial charge in [0.05, 0.1) is 17.8 Å². The molecule has 0 aromatic heterocycles. The second-order valence-electron chi connectivity index (χ2n) is 6.29. The normalized spacial score (nSPS) is 10.6. The van der Waals surface area contributed by atoms with Gasteiger partial charge in [-0.25, -0.2) is 0 Å². The minimum Gasteiger partial charge on any atom is -0.493 e. The number of aryl methyl sites for hydroxylation is 1. The van der Waals surface area contributed by atoms with Crippen LogP contribution in [-0.2, 0) is 13.2 Å². The Morgan fingerprint density at radius 2 is 1.64 bits per heavy atom. The van der Waals surface area contributed by atoms with Crippen LogP contribution in [0.2, 0.25) is 15.1 Å². The standard InChI is InChI=1S/C22H20Cl3NO2/c1-14-5-3-4-6-15(14)13-28-22-11-18(24)16(9-21(22)27-2)12-26-20-8-7-17(23)10-19(20)25/h3-11,26H,12-13H2,1-2H3. The smallest absolute Gasteiger partial charge is 0.163 e. The third-order valence-corrected chi connectivity index (χ3v) is 5.28. The van der Waals surface area contributed by atoms with Gasteiger partial charge in [0.15, 0.2) is 11.5 Å². The number of hydrogen-bond donors (Lipinski definition) is 1. The van der Waals surface area contributed by atoms with E-state index in [1.165, 1.54) is 5.56 Å². The van der Waals surface area contributed by atoms with Gasteiger partial charge in [0.2, 0.25) is 0 Å². The van der Waals surface area contributed by atoms with Gasteiger partial charge in [0.1, 0.15) is 6.61 Å². The average Bonchev–Trinajstić information content (AvgIpc) is 2.67. The summed E-state index contributed by atoms with van der Waals surface area (Å²) in [7, 11) is 1.61. The van der Waals surface area contributed by atoms with E-state index < -0.39 is 0 Å². The predicted molar refractivity (Wildman–Crippen MR) is 117 cm³/mol. The van der Waals surface area contributed by atoms with Crippen LogP contribution < -0.4 is 14.8 Å². The van der Waals surface area contributed by atoms with Gasteiger partial charge in [0, 0.05) is 22.7 Å². The SMILES string of the molecule is COc1cc(CNc2ccc(Cl)cc2Cl)c(Cl)cc1OCc1ccccc1C. The number of halogens is 3. The van der Waals surface area contributed by atoms with E-state index in [0.29, 0.717) is 39.7 Å². The molecule has 0 aliphatic heterocycles. The van der Waals surface area contributed by atoms with Crippen molar-refractivity contribution in [2.75, 3.05) is 12.4 Å². The van der Waals surface area contributed by atoms with Gasteiger partial charge in [0.25, 0.3) is 0 Å². The van der Waals surface area contributed by atoms with Crippen molar-refractivity contribution in [3.8, 4) is 11.5 Å². The Kier molecular flexibility index (Phi) is 6.95. The van der Waals surface area contributed by atoms with E-state index in [9.17, 15) is 0 Å². The number of rotatable bonds is 7. The van der Waals surface area contributed by atoms with E-state index in [2.05, 4.69) is 18.3 Å². The Morgan fingerprint density at radius 3 is 2.36 bits per heavy atom. The molecule has 3 nitrogen and oxygen atoms in total. The maximum Gasteiger partial charge on any atom is 0.163 e. The van der Waals surface area contributed by atoms with Crippen molar-refractivity contribution in [2.24, 2.45) is 0 Å². The molecule has 0 radical (unpaired) electrons. The van der Waals surface area contributed by atoms with Gasteiger partial charge in [-0.05, 0) is 47.9 Å². The number of benzene rings is 3. The molecule has 6 heteroatoms. The van der Waals surface area contributed by atoms with Crippen LogP contribution >= 0.6 is 34.8 Å². The van der Waals surface area contributed by atoms with Crippen molar-refractivity contribution < 1.29 is 9.47 Å². The van der Waals surface area contributed by atoms with Gasteiger partial charge in [-0.1, -0.05) is 59.1 Å². The highest BCUT2D eigenvalue weighted by atomic mass is 35.5. The first-order chi connectivity index (χ1) is 13.5. The Morgan fingerprint density at radius 1 is 0.857 bits per heavy atom. The van der Waals surface area contributed by atoms with Crippen LogP contribution in [0.3, 0.4) is 0 Å². The molecule has 1 N–H and O–H groups in total. The zero-order chi connectivity index (χ0) is 20.1. The number of anilines is 1. The Labute approximate surface area is 180 Å². The molecule has 0 unspecified atom stereocenters. The minimum absolute atomic E-state index is 0.442. The third-order valence-electron chi connectivity index (χ3n) is 4.38. The Balaban J connectivity index is 1.74. The second kappa shape index (κ2) is 9.42. The van der Waals surface area contributed by atoms with E-state index in [1.807, 2.05) is 30.3 Å². The fourth-order valence-corrected chi connectivity index (χ4v) is 3.43. The van der Waals surface area contributed by atoms with Crippen LogP contribution in [0.25, 0.3) is 0 Å². The summed E-state index contributed by atoms with van der Waals surface area (Å²) in [5.41, 5.74) is 3.94. The monoisotopic (exact) mass is 435 g/mol. The first kappa shape index (κ1) is 20.7. The molecule has 0 bridgehead atoms. The maximum absolute atomic E-state index is 6.47. The Bertz CT molecular complexity index is 976. The lowest BCUT2D eigenvalue weighted by atomic mass is 10.1. The van der Waals surface area contributed by atoms with Crippen molar-refractivity contribution in [1.82, 2.24) is 0 Å². The van der Waals surface area contributed by atoms with Gasteiger partial charge in [-0.2, -0.15) is 0 Å². The van der Waals surface area contributed by atoms with Crippen LogP contribution in [0.4, 0.5) is 5.69 Å². The summed E-state index contributed by atoms with van der Waals surface area (Å²) < 4.78 is 11.5. The van der Waals surface area contributed by atoms with E-state index in [1.54, 1.807) is 25.3 Å². The lowest BCUT2D eigenvalue weighted by Gasteiger charge is -2.16. The summed E-state index contributed by atoms with van der Waals surface area (Å²) in [6, 6.07) is 17.0. The van der Waals surface area contributed by atoms with Gasteiger partial charge < -0.3 is 14.8 Å². The lowest BCUT2D eigenvalue weighted by Crippen LogP contribution is -2.03. The fraction of sp³-hybridized carbons (Fsp3) is 0.182. The van der Waals surface area contributed by atoms with Crippen LogP contribution in [0.15, 0.2) is 54.6 Å². The van der Waals surface area contributed by atoms with Crippen LogP contribution in [0.5, 0.6) is 11.5 Å².